The summed E-state index contributed by atoms with van der Waals surface area (Å²) in [4.78, 5) is 11.3. The van der Waals surface area contributed by atoms with Crippen LogP contribution in [0, 0.1) is 0 Å². The summed E-state index contributed by atoms with van der Waals surface area (Å²) < 4.78 is 4.20. The molecule has 2 nitrogen and oxygen atoms in total. The molecule has 0 aliphatic heterocycles. The average Bonchev–Trinajstić information content (AvgIpc) is 2.49. The van der Waals surface area contributed by atoms with Crippen molar-refractivity contribution in [1.29, 1.82) is 0 Å². The van der Waals surface area contributed by atoms with E-state index < -0.39 is 0 Å². The summed E-state index contributed by atoms with van der Waals surface area (Å²) in [6.45, 7) is 0. The normalized spacial score (nSPS) is 10.5. The van der Waals surface area contributed by atoms with Crippen molar-refractivity contribution in [1.82, 2.24) is 4.37 Å². The third-order valence-electron chi connectivity index (χ3n) is 1.78. The smallest absolute Gasteiger partial charge is 0.125 e. The number of hydrogen-bond donors (Lipinski definition) is 0. The van der Waals surface area contributed by atoms with Gasteiger partial charge >= 0.3 is 0 Å². The summed E-state index contributed by atoms with van der Waals surface area (Å²) in [6.07, 6.45) is 1.30. The fourth-order valence-corrected chi connectivity index (χ4v) is 2.13. The van der Waals surface area contributed by atoms with E-state index in [1.807, 2.05) is 12.1 Å². The lowest BCUT2D eigenvalue weighted by atomic mass is 10.2. The lowest BCUT2D eigenvalue weighted by molar-refractivity contribution is -0.107. The first-order valence-corrected chi connectivity index (χ1v) is 4.94. The Labute approximate surface area is 84.3 Å². The second kappa shape index (κ2) is 3.44. The van der Waals surface area contributed by atoms with Crippen molar-refractivity contribution in [3.63, 3.8) is 0 Å². The van der Waals surface area contributed by atoms with E-state index in [1.54, 1.807) is 6.07 Å². The molecule has 1 heterocycles. The highest BCUT2D eigenvalue weighted by Gasteiger charge is 2.05. The average molecular weight is 212 g/mol. The monoisotopic (exact) mass is 211 g/mol. The second-order valence-corrected chi connectivity index (χ2v) is 3.93. The van der Waals surface area contributed by atoms with Crippen LogP contribution >= 0.6 is 23.1 Å². The molecule has 0 saturated carbocycles. The highest BCUT2D eigenvalue weighted by Crippen LogP contribution is 2.25. The Kier molecular flexibility index (Phi) is 2.29. The number of benzene rings is 1. The van der Waals surface area contributed by atoms with Gasteiger partial charge in [-0.05, 0) is 29.7 Å². The van der Waals surface area contributed by atoms with Gasteiger partial charge in [0.25, 0.3) is 0 Å². The predicted molar refractivity (Wildman–Crippen MR) is 54.4 cm³/mol. The Bertz CT molecular complexity index is 452. The molecule has 1 aromatic heterocycles. The SMILES string of the molecule is O=CCc1snc2ccc(Cl)cc12. The van der Waals surface area contributed by atoms with Crippen LogP contribution in [0.25, 0.3) is 10.9 Å². The molecule has 0 fully saturated rings. The highest BCUT2D eigenvalue weighted by molar-refractivity contribution is 7.07. The number of hydrogen-bond acceptors (Lipinski definition) is 3. The number of aldehydes is 1. The molecule has 0 unspecified atom stereocenters. The van der Waals surface area contributed by atoms with Crippen LogP contribution in [-0.4, -0.2) is 10.7 Å². The molecule has 0 atom stereocenters. The number of aromatic nitrogens is 1. The van der Waals surface area contributed by atoms with Crippen molar-refractivity contribution in [2.24, 2.45) is 0 Å². The number of carbonyl (C=O) groups excluding carboxylic acids is 1. The third kappa shape index (κ3) is 1.57. The van der Waals surface area contributed by atoms with Gasteiger partial charge in [-0.15, -0.1) is 0 Å². The molecular formula is C9H6ClNOS. The number of fused-ring (bicyclic) bond motifs is 1. The highest BCUT2D eigenvalue weighted by atomic mass is 35.5. The van der Waals surface area contributed by atoms with Crippen molar-refractivity contribution >= 4 is 40.3 Å². The fraction of sp³-hybridized carbons (Fsp3) is 0.111. The van der Waals surface area contributed by atoms with Crippen LogP contribution in [0.4, 0.5) is 0 Å². The van der Waals surface area contributed by atoms with Crippen LogP contribution in [0.1, 0.15) is 4.88 Å². The van der Waals surface area contributed by atoms with Crippen LogP contribution in [0.2, 0.25) is 5.02 Å². The maximum Gasteiger partial charge on any atom is 0.125 e. The summed E-state index contributed by atoms with van der Waals surface area (Å²) in [6, 6.07) is 5.51. The van der Waals surface area contributed by atoms with E-state index in [-0.39, 0.29) is 0 Å². The molecule has 0 aliphatic rings. The Morgan fingerprint density at radius 3 is 3.15 bits per heavy atom. The minimum absolute atomic E-state index is 0.418. The van der Waals surface area contributed by atoms with Gasteiger partial charge in [-0.25, -0.2) is 0 Å². The van der Waals surface area contributed by atoms with Gasteiger partial charge in [0.1, 0.15) is 6.29 Å². The van der Waals surface area contributed by atoms with Gasteiger partial charge in [-0.3, -0.25) is 0 Å². The molecule has 0 bridgehead atoms. The van der Waals surface area contributed by atoms with E-state index in [1.165, 1.54) is 11.5 Å². The van der Waals surface area contributed by atoms with Crippen molar-refractivity contribution < 1.29 is 4.79 Å². The van der Waals surface area contributed by atoms with Crippen LogP contribution in [0.5, 0.6) is 0 Å². The van der Waals surface area contributed by atoms with Crippen LogP contribution < -0.4 is 0 Å². The van der Waals surface area contributed by atoms with Crippen LogP contribution in [-0.2, 0) is 11.2 Å². The van der Waals surface area contributed by atoms with E-state index in [0.29, 0.717) is 11.4 Å². The number of rotatable bonds is 2. The first kappa shape index (κ1) is 8.66. The largest absolute Gasteiger partial charge is 0.303 e. The van der Waals surface area contributed by atoms with Crippen molar-refractivity contribution in [3.05, 3.63) is 28.1 Å². The van der Waals surface area contributed by atoms with E-state index in [2.05, 4.69) is 4.37 Å². The maximum atomic E-state index is 10.3. The summed E-state index contributed by atoms with van der Waals surface area (Å²) in [7, 11) is 0. The topological polar surface area (TPSA) is 30.0 Å². The molecule has 0 amide bonds. The van der Waals surface area contributed by atoms with Crippen LogP contribution in [0.3, 0.4) is 0 Å². The molecule has 4 heteroatoms. The molecule has 0 saturated heterocycles. The molecule has 0 spiro atoms. The molecule has 0 radical (unpaired) electrons. The molecule has 0 aliphatic carbocycles. The summed E-state index contributed by atoms with van der Waals surface area (Å²) in [5, 5.41) is 1.67. The van der Waals surface area contributed by atoms with E-state index in [4.69, 9.17) is 11.6 Å². The Hall–Kier alpha value is -0.930. The Balaban J connectivity index is 2.64. The zero-order chi connectivity index (χ0) is 9.26. The zero-order valence-electron chi connectivity index (χ0n) is 6.66. The van der Waals surface area contributed by atoms with Gasteiger partial charge in [0.15, 0.2) is 0 Å². The minimum Gasteiger partial charge on any atom is -0.303 e. The minimum atomic E-state index is 0.418. The van der Waals surface area contributed by atoms with E-state index >= 15 is 0 Å². The summed E-state index contributed by atoms with van der Waals surface area (Å²) >= 11 is 7.19. The quantitative estimate of drug-likeness (QED) is 0.715. The lowest BCUT2D eigenvalue weighted by Crippen LogP contribution is -1.80. The molecule has 13 heavy (non-hydrogen) atoms. The Morgan fingerprint density at radius 2 is 2.38 bits per heavy atom. The van der Waals surface area contributed by atoms with Crippen molar-refractivity contribution in [2.75, 3.05) is 0 Å². The number of halogens is 1. The maximum absolute atomic E-state index is 10.3. The molecule has 0 N–H and O–H groups in total. The number of carbonyl (C=O) groups is 1. The van der Waals surface area contributed by atoms with Gasteiger partial charge in [-0.2, -0.15) is 4.37 Å². The lowest BCUT2D eigenvalue weighted by Gasteiger charge is -1.91. The Morgan fingerprint density at radius 1 is 1.54 bits per heavy atom. The first-order valence-electron chi connectivity index (χ1n) is 3.78. The molecular weight excluding hydrogens is 206 g/mol. The molecule has 1 aromatic carbocycles. The van der Waals surface area contributed by atoms with Gasteiger partial charge in [0.05, 0.1) is 5.52 Å². The third-order valence-corrected chi connectivity index (χ3v) is 2.91. The van der Waals surface area contributed by atoms with Gasteiger partial charge in [0, 0.05) is 21.7 Å². The van der Waals surface area contributed by atoms with Crippen molar-refractivity contribution in [3.8, 4) is 0 Å². The van der Waals surface area contributed by atoms with Gasteiger partial charge in [-0.1, -0.05) is 11.6 Å². The summed E-state index contributed by atoms with van der Waals surface area (Å²) in [5.74, 6) is 0. The van der Waals surface area contributed by atoms with Gasteiger partial charge < -0.3 is 4.79 Å². The summed E-state index contributed by atoms with van der Waals surface area (Å²) in [5.41, 5.74) is 0.909. The molecule has 2 rings (SSSR count). The molecule has 2 aromatic rings. The second-order valence-electron chi connectivity index (χ2n) is 2.64. The van der Waals surface area contributed by atoms with E-state index in [9.17, 15) is 4.79 Å². The van der Waals surface area contributed by atoms with E-state index in [0.717, 1.165) is 22.1 Å². The fourth-order valence-electron chi connectivity index (χ4n) is 1.19. The standard InChI is InChI=1S/C9H6ClNOS/c10-6-1-2-8-7(5-6)9(3-4-12)13-11-8/h1-2,4-5H,3H2. The van der Waals surface area contributed by atoms with Crippen molar-refractivity contribution in [2.45, 2.75) is 6.42 Å². The van der Waals surface area contributed by atoms with Crippen LogP contribution in [0.15, 0.2) is 18.2 Å². The first-order chi connectivity index (χ1) is 6.31. The zero-order valence-corrected chi connectivity index (χ0v) is 8.23. The van der Waals surface area contributed by atoms with Gasteiger partial charge in [0.2, 0.25) is 0 Å². The predicted octanol–water partition coefficient (Wildman–Crippen LogP) is 2.69. The molecule has 66 valence electrons. The number of nitrogens with zero attached hydrogens (tertiary/aromatic N) is 1.